The lowest BCUT2D eigenvalue weighted by Gasteiger charge is -2.20. The minimum Gasteiger partial charge on any atom is -0.495 e. The van der Waals surface area contributed by atoms with Crippen LogP contribution in [-0.4, -0.2) is 36.0 Å². The average molecular weight is 425 g/mol. The van der Waals surface area contributed by atoms with Crippen LogP contribution in [0.3, 0.4) is 0 Å². The van der Waals surface area contributed by atoms with Crippen LogP contribution in [0.1, 0.15) is 24.6 Å². The summed E-state index contributed by atoms with van der Waals surface area (Å²) in [5.74, 6) is 0.584. The van der Waals surface area contributed by atoms with Crippen molar-refractivity contribution in [1.82, 2.24) is 9.88 Å². The molecule has 158 valence electrons. The second-order valence-corrected chi connectivity index (χ2v) is 7.90. The normalized spacial score (nSPS) is 10.8. The van der Waals surface area contributed by atoms with Gasteiger partial charge in [-0.15, -0.1) is 11.3 Å². The van der Waals surface area contributed by atoms with Crippen molar-refractivity contribution in [3.05, 3.63) is 65.2 Å². The maximum Gasteiger partial charge on any atom is 0.238 e. The van der Waals surface area contributed by atoms with Crippen LogP contribution in [0.5, 0.6) is 5.75 Å². The molecule has 3 rings (SSSR count). The third-order valence-electron chi connectivity index (χ3n) is 4.61. The number of thiazole rings is 1. The molecule has 0 spiro atoms. The molecule has 0 saturated heterocycles. The van der Waals surface area contributed by atoms with Crippen molar-refractivity contribution in [2.75, 3.05) is 30.8 Å². The predicted octanol–water partition coefficient (Wildman–Crippen LogP) is 5.05. The Bertz CT molecular complexity index is 973. The third-order valence-corrected chi connectivity index (χ3v) is 5.42. The van der Waals surface area contributed by atoms with Gasteiger partial charge in [-0.3, -0.25) is 9.69 Å². The van der Waals surface area contributed by atoms with Crippen molar-refractivity contribution in [3.8, 4) is 5.75 Å². The molecular weight excluding hydrogens is 396 g/mol. The lowest BCUT2D eigenvalue weighted by Crippen LogP contribution is -2.33. The quantitative estimate of drug-likeness (QED) is 0.476. The third kappa shape index (κ3) is 6.05. The number of nitrogens with one attached hydrogen (secondary N) is 2. The van der Waals surface area contributed by atoms with E-state index in [1.807, 2.05) is 47.8 Å². The number of aryl methyl sites for hydroxylation is 1. The van der Waals surface area contributed by atoms with E-state index in [2.05, 4.69) is 35.4 Å². The van der Waals surface area contributed by atoms with E-state index in [0.29, 0.717) is 24.5 Å². The van der Waals surface area contributed by atoms with Crippen LogP contribution in [0, 0.1) is 6.92 Å². The van der Waals surface area contributed by atoms with E-state index in [0.717, 1.165) is 29.5 Å². The lowest BCUT2D eigenvalue weighted by molar-refractivity contribution is -0.117. The Morgan fingerprint density at radius 1 is 1.13 bits per heavy atom. The summed E-state index contributed by atoms with van der Waals surface area (Å²) in [5, 5.41) is 9.22. The van der Waals surface area contributed by atoms with Gasteiger partial charge in [0.15, 0.2) is 5.13 Å². The predicted molar refractivity (Wildman–Crippen MR) is 124 cm³/mol. The minimum atomic E-state index is -0.0681. The van der Waals surface area contributed by atoms with Crippen LogP contribution in [0.15, 0.2) is 53.9 Å². The zero-order valence-electron chi connectivity index (χ0n) is 17.6. The Morgan fingerprint density at radius 3 is 2.60 bits per heavy atom. The number of anilines is 3. The first-order valence-electron chi connectivity index (χ1n) is 10.0. The molecule has 3 aromatic rings. The molecule has 2 N–H and O–H groups in total. The van der Waals surface area contributed by atoms with Crippen molar-refractivity contribution >= 4 is 33.8 Å². The number of nitrogens with zero attached hydrogens (tertiary/aromatic N) is 2. The van der Waals surface area contributed by atoms with Gasteiger partial charge in [-0.2, -0.15) is 0 Å². The Balaban J connectivity index is 1.61. The molecular formula is C23H28N4O2S. The van der Waals surface area contributed by atoms with Crippen LogP contribution >= 0.6 is 11.3 Å². The van der Waals surface area contributed by atoms with Crippen LogP contribution in [0.4, 0.5) is 16.5 Å². The summed E-state index contributed by atoms with van der Waals surface area (Å²) in [6, 6.07) is 15.6. The van der Waals surface area contributed by atoms with Crippen molar-refractivity contribution in [2.45, 2.75) is 26.8 Å². The Kier molecular flexibility index (Phi) is 7.82. The van der Waals surface area contributed by atoms with Gasteiger partial charge in [-0.05, 0) is 43.7 Å². The van der Waals surface area contributed by atoms with Gasteiger partial charge in [0.2, 0.25) is 5.91 Å². The Labute approximate surface area is 181 Å². The highest BCUT2D eigenvalue weighted by atomic mass is 32.1. The zero-order chi connectivity index (χ0) is 21.3. The van der Waals surface area contributed by atoms with Gasteiger partial charge in [0, 0.05) is 17.6 Å². The van der Waals surface area contributed by atoms with Crippen molar-refractivity contribution in [2.24, 2.45) is 0 Å². The monoisotopic (exact) mass is 424 g/mol. The van der Waals surface area contributed by atoms with Crippen LogP contribution in [-0.2, 0) is 11.3 Å². The van der Waals surface area contributed by atoms with E-state index < -0.39 is 0 Å². The summed E-state index contributed by atoms with van der Waals surface area (Å²) in [5.41, 5.74) is 3.87. The standard InChI is InChI=1S/C23H28N4O2S/c1-4-13-27(15-22(28)25-20-11-7-8-12-21(20)29-3)14-18-16-30-23(24-18)26-19-10-6-5-9-17(19)2/h5-12,16H,4,13-15H2,1-3H3,(H,24,26)(H,25,28). The molecule has 30 heavy (non-hydrogen) atoms. The number of methoxy groups -OCH3 is 1. The van der Waals surface area contributed by atoms with Gasteiger partial charge in [0.05, 0.1) is 25.0 Å². The highest BCUT2D eigenvalue weighted by molar-refractivity contribution is 7.13. The summed E-state index contributed by atoms with van der Waals surface area (Å²) >= 11 is 1.57. The van der Waals surface area contributed by atoms with Gasteiger partial charge in [-0.1, -0.05) is 37.3 Å². The first-order valence-corrected chi connectivity index (χ1v) is 10.9. The average Bonchev–Trinajstić information content (AvgIpc) is 3.17. The fourth-order valence-electron chi connectivity index (χ4n) is 3.17. The summed E-state index contributed by atoms with van der Waals surface area (Å²) in [7, 11) is 1.60. The molecule has 1 aromatic heterocycles. The number of para-hydroxylation sites is 3. The molecule has 2 aromatic carbocycles. The maximum absolute atomic E-state index is 12.6. The summed E-state index contributed by atoms with van der Waals surface area (Å²) < 4.78 is 5.31. The smallest absolute Gasteiger partial charge is 0.238 e. The number of amides is 1. The van der Waals surface area contributed by atoms with Crippen LogP contribution < -0.4 is 15.4 Å². The van der Waals surface area contributed by atoms with E-state index in [-0.39, 0.29) is 5.91 Å². The zero-order valence-corrected chi connectivity index (χ0v) is 18.5. The van der Waals surface area contributed by atoms with E-state index in [1.54, 1.807) is 18.4 Å². The summed E-state index contributed by atoms with van der Waals surface area (Å²) in [4.78, 5) is 19.4. The SMILES string of the molecule is CCCN(CC(=O)Nc1ccccc1OC)Cc1csc(Nc2ccccc2C)n1. The second-order valence-electron chi connectivity index (χ2n) is 7.04. The van der Waals surface area contributed by atoms with Gasteiger partial charge in [-0.25, -0.2) is 4.98 Å². The maximum atomic E-state index is 12.6. The highest BCUT2D eigenvalue weighted by Crippen LogP contribution is 2.25. The first kappa shape index (κ1) is 21.8. The second kappa shape index (κ2) is 10.8. The lowest BCUT2D eigenvalue weighted by atomic mass is 10.2. The Morgan fingerprint density at radius 2 is 1.87 bits per heavy atom. The number of carbonyl (C=O) groups excluding carboxylic acids is 1. The summed E-state index contributed by atoms with van der Waals surface area (Å²) in [6.45, 7) is 5.91. The minimum absolute atomic E-state index is 0.0681. The summed E-state index contributed by atoms with van der Waals surface area (Å²) in [6.07, 6.45) is 0.959. The Hall–Kier alpha value is -2.90. The van der Waals surface area contributed by atoms with E-state index in [1.165, 1.54) is 5.56 Å². The molecule has 0 aliphatic rings. The van der Waals surface area contributed by atoms with E-state index >= 15 is 0 Å². The van der Waals surface area contributed by atoms with Crippen molar-refractivity contribution in [1.29, 1.82) is 0 Å². The molecule has 7 heteroatoms. The molecule has 0 fully saturated rings. The molecule has 0 atom stereocenters. The highest BCUT2D eigenvalue weighted by Gasteiger charge is 2.14. The largest absolute Gasteiger partial charge is 0.495 e. The first-order chi connectivity index (χ1) is 14.6. The molecule has 0 saturated carbocycles. The number of ether oxygens (including phenoxy) is 1. The molecule has 0 bridgehead atoms. The molecule has 0 radical (unpaired) electrons. The van der Waals surface area contributed by atoms with E-state index in [9.17, 15) is 4.79 Å². The molecule has 0 unspecified atom stereocenters. The van der Waals surface area contributed by atoms with Crippen molar-refractivity contribution in [3.63, 3.8) is 0 Å². The number of hydrogen-bond acceptors (Lipinski definition) is 6. The van der Waals surface area contributed by atoms with Gasteiger partial charge in [0.25, 0.3) is 0 Å². The molecule has 0 aliphatic carbocycles. The fraction of sp³-hybridized carbons (Fsp3) is 0.304. The topological polar surface area (TPSA) is 66.5 Å². The number of carbonyl (C=O) groups is 1. The number of benzene rings is 2. The molecule has 6 nitrogen and oxygen atoms in total. The fourth-order valence-corrected chi connectivity index (χ4v) is 3.88. The molecule has 1 amide bonds. The van der Waals surface area contributed by atoms with E-state index in [4.69, 9.17) is 9.72 Å². The van der Waals surface area contributed by atoms with Crippen LogP contribution in [0.25, 0.3) is 0 Å². The number of hydrogen-bond donors (Lipinski definition) is 2. The molecule has 1 heterocycles. The van der Waals surface area contributed by atoms with Gasteiger partial charge < -0.3 is 15.4 Å². The number of aromatic nitrogens is 1. The van der Waals surface area contributed by atoms with Gasteiger partial charge in [0.1, 0.15) is 5.75 Å². The van der Waals surface area contributed by atoms with Crippen LogP contribution in [0.2, 0.25) is 0 Å². The van der Waals surface area contributed by atoms with Gasteiger partial charge >= 0.3 is 0 Å². The molecule has 0 aliphatic heterocycles. The van der Waals surface area contributed by atoms with Crippen molar-refractivity contribution < 1.29 is 9.53 Å². The number of rotatable bonds is 10.